The molecule has 5 heteroatoms. The Morgan fingerprint density at radius 1 is 1.12 bits per heavy atom. The second-order valence-corrected chi connectivity index (χ2v) is 8.60. The summed E-state index contributed by atoms with van der Waals surface area (Å²) in [6.45, 7) is 5.57. The zero-order valence-electron chi connectivity index (χ0n) is 10.0. The van der Waals surface area contributed by atoms with Crippen LogP contribution in [0.3, 0.4) is 0 Å². The Morgan fingerprint density at radius 2 is 1.53 bits per heavy atom. The van der Waals surface area contributed by atoms with Gasteiger partial charge in [0.25, 0.3) is 0 Å². The third-order valence-electron chi connectivity index (χ3n) is 2.85. The average molecular weight is 272 g/mol. The van der Waals surface area contributed by atoms with Crippen molar-refractivity contribution in [3.8, 4) is 0 Å². The van der Waals surface area contributed by atoms with Gasteiger partial charge in [-0.15, -0.1) is 0 Å². The highest BCUT2D eigenvalue weighted by molar-refractivity contribution is 8.05. The molecule has 1 aliphatic rings. The molecule has 1 aliphatic heterocycles. The highest BCUT2D eigenvalue weighted by Gasteiger charge is 2.45. The van der Waals surface area contributed by atoms with Gasteiger partial charge in [0, 0.05) is 0 Å². The van der Waals surface area contributed by atoms with E-state index in [4.69, 9.17) is 0 Å². The predicted octanol–water partition coefficient (Wildman–Crippen LogP) is 1.65. The van der Waals surface area contributed by atoms with Gasteiger partial charge >= 0.3 is 0 Å². The first-order valence-electron chi connectivity index (χ1n) is 5.42. The van der Waals surface area contributed by atoms with Crippen LogP contribution < -0.4 is 0 Å². The molecular formula is C12H16O3S2. The Bertz CT molecular complexity index is 456. The van der Waals surface area contributed by atoms with Gasteiger partial charge in [-0.3, -0.25) is 8.42 Å². The fourth-order valence-electron chi connectivity index (χ4n) is 1.75. The Morgan fingerprint density at radius 3 is 1.88 bits per heavy atom. The second-order valence-electron chi connectivity index (χ2n) is 5.22. The summed E-state index contributed by atoms with van der Waals surface area (Å²) < 4.78 is 23.8. The lowest BCUT2D eigenvalue weighted by atomic mass is 9.90. The van der Waals surface area contributed by atoms with Crippen LogP contribution in [-0.2, 0) is 21.6 Å². The predicted molar refractivity (Wildman–Crippen MR) is 68.5 cm³/mol. The number of aliphatic hydroxyl groups excluding tert-OH is 1. The molecule has 0 spiro atoms. The summed E-state index contributed by atoms with van der Waals surface area (Å²) >= 11 is 0. The lowest BCUT2D eigenvalue weighted by Gasteiger charge is -2.29. The van der Waals surface area contributed by atoms with Crippen LogP contribution in [0.5, 0.6) is 0 Å². The van der Waals surface area contributed by atoms with E-state index >= 15 is 0 Å². The van der Waals surface area contributed by atoms with Crippen LogP contribution in [-0.4, -0.2) is 24.2 Å². The zero-order chi connectivity index (χ0) is 12.8. The van der Waals surface area contributed by atoms with Crippen LogP contribution in [0.2, 0.25) is 0 Å². The van der Waals surface area contributed by atoms with Crippen molar-refractivity contribution in [2.45, 2.75) is 41.2 Å². The van der Waals surface area contributed by atoms with E-state index in [2.05, 4.69) is 0 Å². The van der Waals surface area contributed by atoms with E-state index in [1.165, 1.54) is 0 Å². The van der Waals surface area contributed by atoms with Crippen molar-refractivity contribution in [1.29, 1.82) is 0 Å². The fraction of sp³-hybridized carbons (Fsp3) is 0.500. The molecule has 0 aromatic heterocycles. The first kappa shape index (κ1) is 12.9. The molecule has 1 aromatic rings. The van der Waals surface area contributed by atoms with E-state index in [9.17, 15) is 13.5 Å². The Kier molecular flexibility index (Phi) is 3.27. The molecule has 0 aliphatic carbocycles. The zero-order valence-corrected chi connectivity index (χ0v) is 11.7. The van der Waals surface area contributed by atoms with Gasteiger partial charge in [-0.05, 0) is 17.5 Å². The highest BCUT2D eigenvalue weighted by Crippen LogP contribution is 2.37. The molecule has 94 valence electrons. The van der Waals surface area contributed by atoms with Crippen molar-refractivity contribution in [3.05, 3.63) is 24.3 Å². The standard InChI is InChI=1S/C12H16O3S2/c1-12(2,3)10(13)11-16(14)8-6-4-5-7-9(8)17(11)15/h4-7,10-11,13H,1-3H3/t10-,16-,17-/m1/s1. The quantitative estimate of drug-likeness (QED) is 0.845. The Hall–Kier alpha value is -0.520. The summed E-state index contributed by atoms with van der Waals surface area (Å²) in [6, 6.07) is 7.00. The number of fused-ring (bicyclic) bond motifs is 1. The van der Waals surface area contributed by atoms with Crippen LogP contribution in [0, 0.1) is 5.41 Å². The van der Waals surface area contributed by atoms with Crippen molar-refractivity contribution in [2.24, 2.45) is 5.41 Å². The summed E-state index contributed by atoms with van der Waals surface area (Å²) in [7, 11) is -2.78. The van der Waals surface area contributed by atoms with Crippen LogP contribution >= 0.6 is 0 Å². The molecule has 0 fully saturated rings. The molecule has 0 unspecified atom stereocenters. The van der Waals surface area contributed by atoms with Crippen LogP contribution in [0.1, 0.15) is 20.8 Å². The van der Waals surface area contributed by atoms with Gasteiger partial charge in [0.15, 0.2) is 0 Å². The third kappa shape index (κ3) is 2.11. The second kappa shape index (κ2) is 4.30. The van der Waals surface area contributed by atoms with Gasteiger partial charge < -0.3 is 5.11 Å². The van der Waals surface area contributed by atoms with Gasteiger partial charge in [0.2, 0.25) is 0 Å². The van der Waals surface area contributed by atoms with E-state index in [0.717, 1.165) is 0 Å². The maximum atomic E-state index is 12.3. The number of aliphatic hydroxyl groups is 1. The SMILES string of the molecule is CC(C)(C)[C@H](O)C1[S@](=O)c2ccccc2[S@]1=O. The molecule has 0 saturated heterocycles. The van der Waals surface area contributed by atoms with E-state index < -0.39 is 37.7 Å². The van der Waals surface area contributed by atoms with E-state index in [1.807, 2.05) is 20.8 Å². The molecule has 3 nitrogen and oxygen atoms in total. The maximum absolute atomic E-state index is 12.3. The van der Waals surface area contributed by atoms with E-state index in [-0.39, 0.29) is 0 Å². The van der Waals surface area contributed by atoms with Gasteiger partial charge in [-0.2, -0.15) is 0 Å². The summed E-state index contributed by atoms with van der Waals surface area (Å²) in [4.78, 5) is 1.19. The van der Waals surface area contributed by atoms with Crippen LogP contribution in [0.4, 0.5) is 0 Å². The monoisotopic (exact) mass is 272 g/mol. The van der Waals surface area contributed by atoms with Crippen molar-refractivity contribution < 1.29 is 13.5 Å². The lowest BCUT2D eigenvalue weighted by molar-refractivity contribution is 0.0762. The van der Waals surface area contributed by atoms with Gasteiger partial charge in [-0.1, -0.05) is 32.9 Å². The number of benzene rings is 1. The fourth-order valence-corrected chi connectivity index (χ4v) is 6.25. The number of hydrogen-bond donors (Lipinski definition) is 1. The molecular weight excluding hydrogens is 256 g/mol. The smallest absolute Gasteiger partial charge is 0.145 e. The maximum Gasteiger partial charge on any atom is 0.145 e. The van der Waals surface area contributed by atoms with Crippen molar-refractivity contribution >= 4 is 21.6 Å². The third-order valence-corrected chi connectivity index (χ3v) is 6.97. The molecule has 1 aromatic carbocycles. The lowest BCUT2D eigenvalue weighted by Crippen LogP contribution is -2.40. The minimum atomic E-state index is -1.39. The van der Waals surface area contributed by atoms with Gasteiger partial charge in [0.05, 0.1) is 37.5 Å². The molecule has 0 amide bonds. The minimum Gasteiger partial charge on any atom is -0.390 e. The summed E-state index contributed by atoms with van der Waals surface area (Å²) in [5.74, 6) is 0. The number of rotatable bonds is 1. The van der Waals surface area contributed by atoms with Crippen molar-refractivity contribution in [1.82, 2.24) is 0 Å². The molecule has 1 N–H and O–H groups in total. The van der Waals surface area contributed by atoms with Gasteiger partial charge in [0.1, 0.15) is 4.58 Å². The molecule has 2 rings (SSSR count). The Balaban J connectivity index is 2.44. The number of hydrogen-bond acceptors (Lipinski definition) is 3. The van der Waals surface area contributed by atoms with Crippen molar-refractivity contribution in [2.75, 3.05) is 0 Å². The first-order valence-corrected chi connectivity index (χ1v) is 7.85. The molecule has 1 heterocycles. The molecule has 17 heavy (non-hydrogen) atoms. The van der Waals surface area contributed by atoms with Gasteiger partial charge in [-0.25, -0.2) is 0 Å². The summed E-state index contributed by atoms with van der Waals surface area (Å²) in [6.07, 6.45) is -0.850. The van der Waals surface area contributed by atoms with E-state index in [0.29, 0.717) is 9.79 Å². The average Bonchev–Trinajstić information content (AvgIpc) is 2.51. The van der Waals surface area contributed by atoms with Crippen molar-refractivity contribution in [3.63, 3.8) is 0 Å². The Labute approximate surface area is 106 Å². The molecule has 0 radical (unpaired) electrons. The molecule has 0 bridgehead atoms. The summed E-state index contributed by atoms with van der Waals surface area (Å²) in [5, 5.41) is 10.2. The topological polar surface area (TPSA) is 54.4 Å². The highest BCUT2D eigenvalue weighted by atomic mass is 32.2. The first-order chi connectivity index (χ1) is 7.84. The van der Waals surface area contributed by atoms with Crippen LogP contribution in [0.25, 0.3) is 0 Å². The molecule has 0 saturated carbocycles. The van der Waals surface area contributed by atoms with Crippen LogP contribution in [0.15, 0.2) is 34.1 Å². The van der Waals surface area contributed by atoms with E-state index in [1.54, 1.807) is 24.3 Å². The largest absolute Gasteiger partial charge is 0.390 e. The normalized spacial score (nSPS) is 26.8. The minimum absolute atomic E-state index is 0.433. The summed E-state index contributed by atoms with van der Waals surface area (Å²) in [5.41, 5.74) is -0.433. The molecule has 3 atom stereocenters.